The van der Waals surface area contributed by atoms with Gasteiger partial charge in [-0.25, -0.2) is 0 Å². The van der Waals surface area contributed by atoms with Gasteiger partial charge in [0, 0.05) is 13.1 Å². The summed E-state index contributed by atoms with van der Waals surface area (Å²) in [6, 6.07) is 0.508. The van der Waals surface area contributed by atoms with Gasteiger partial charge >= 0.3 is 0 Å². The Morgan fingerprint density at radius 1 is 1.39 bits per heavy atom. The Kier molecular flexibility index (Phi) is 2.89. The van der Waals surface area contributed by atoms with Gasteiger partial charge in [-0.3, -0.25) is 4.79 Å². The summed E-state index contributed by atoms with van der Waals surface area (Å²) in [5, 5.41) is 6.97. The first kappa shape index (κ1) is 11.8. The van der Waals surface area contributed by atoms with Crippen LogP contribution in [-0.2, 0) is 0 Å². The molecule has 0 saturated heterocycles. The molecule has 4 N–H and O–H groups in total. The summed E-state index contributed by atoms with van der Waals surface area (Å²) in [4.78, 5) is 11.8. The number of anilines is 2. The number of carbonyl (C=O) groups is 1. The zero-order valence-corrected chi connectivity index (χ0v) is 11.2. The number of nitrogen functional groups attached to an aromatic ring is 1. The molecule has 0 aromatic carbocycles. The minimum Gasteiger partial charge on any atom is -0.382 e. The van der Waals surface area contributed by atoms with Crippen LogP contribution in [0.5, 0.6) is 0 Å². The summed E-state index contributed by atoms with van der Waals surface area (Å²) in [6.45, 7) is 0. The lowest BCUT2D eigenvalue weighted by Crippen LogP contribution is -2.26. The minimum atomic E-state index is -0.158. The molecular weight excluding hydrogens is 248 g/mol. The fourth-order valence-corrected chi connectivity index (χ4v) is 3.19. The van der Waals surface area contributed by atoms with E-state index < -0.39 is 0 Å². The van der Waals surface area contributed by atoms with E-state index in [-0.39, 0.29) is 5.91 Å². The van der Waals surface area contributed by atoms with Crippen molar-refractivity contribution in [2.24, 2.45) is 11.8 Å². The van der Waals surface area contributed by atoms with Gasteiger partial charge in [-0.1, -0.05) is 0 Å². The molecule has 1 aromatic heterocycles. The molecule has 1 amide bonds. The largest absolute Gasteiger partial charge is 0.382 e. The van der Waals surface area contributed by atoms with Gasteiger partial charge in [-0.2, -0.15) is 4.37 Å². The first-order chi connectivity index (χ1) is 8.70. The fourth-order valence-electron chi connectivity index (χ4n) is 2.43. The average molecular weight is 266 g/mol. The highest BCUT2D eigenvalue weighted by Crippen LogP contribution is 2.46. The summed E-state index contributed by atoms with van der Waals surface area (Å²) in [5.41, 5.74) is 6.28. The van der Waals surface area contributed by atoms with Crippen molar-refractivity contribution >= 4 is 28.3 Å². The van der Waals surface area contributed by atoms with Gasteiger partial charge in [0.25, 0.3) is 5.91 Å². The van der Waals surface area contributed by atoms with Crippen LogP contribution < -0.4 is 16.4 Å². The van der Waals surface area contributed by atoms with Gasteiger partial charge in [-0.15, -0.1) is 0 Å². The van der Waals surface area contributed by atoms with E-state index >= 15 is 0 Å². The minimum absolute atomic E-state index is 0.158. The van der Waals surface area contributed by atoms with Gasteiger partial charge in [0.05, 0.1) is 0 Å². The predicted molar refractivity (Wildman–Crippen MR) is 72.8 cm³/mol. The molecule has 0 bridgehead atoms. The van der Waals surface area contributed by atoms with E-state index in [0.29, 0.717) is 17.4 Å². The Bertz CT molecular complexity index is 453. The van der Waals surface area contributed by atoms with Gasteiger partial charge in [0.1, 0.15) is 10.6 Å². The molecule has 2 saturated carbocycles. The third kappa shape index (κ3) is 2.16. The lowest BCUT2D eigenvalue weighted by molar-refractivity contribution is 0.0965. The normalized spacial score (nSPS) is 19.0. The third-order valence-corrected chi connectivity index (χ3v) is 4.52. The maximum absolute atomic E-state index is 11.8. The molecule has 0 aliphatic heterocycles. The monoisotopic (exact) mass is 266 g/mol. The van der Waals surface area contributed by atoms with Crippen LogP contribution >= 0.6 is 11.5 Å². The first-order valence-corrected chi connectivity index (χ1v) is 7.21. The Labute approximate surface area is 110 Å². The number of nitrogens with one attached hydrogen (secondary N) is 2. The molecule has 2 fully saturated rings. The second-order valence-electron chi connectivity index (χ2n) is 5.20. The number of aromatic nitrogens is 1. The van der Waals surface area contributed by atoms with Crippen molar-refractivity contribution in [2.75, 3.05) is 18.1 Å². The van der Waals surface area contributed by atoms with Crippen molar-refractivity contribution in [2.45, 2.75) is 31.7 Å². The van der Waals surface area contributed by atoms with Crippen molar-refractivity contribution in [1.29, 1.82) is 0 Å². The number of carbonyl (C=O) groups excluding carboxylic acids is 1. The van der Waals surface area contributed by atoms with Gasteiger partial charge < -0.3 is 16.4 Å². The lowest BCUT2D eigenvalue weighted by atomic mass is 10.1. The van der Waals surface area contributed by atoms with Crippen molar-refractivity contribution < 1.29 is 4.79 Å². The Hall–Kier alpha value is -1.30. The van der Waals surface area contributed by atoms with Crippen molar-refractivity contribution in [3.05, 3.63) is 5.56 Å². The molecule has 1 heterocycles. The molecule has 1 aromatic rings. The second kappa shape index (κ2) is 4.42. The van der Waals surface area contributed by atoms with Crippen LogP contribution in [0.25, 0.3) is 0 Å². The molecule has 5 nitrogen and oxygen atoms in total. The molecule has 6 heteroatoms. The standard InChI is InChI=1S/C12H18N4OS/c1-14-11(17)8-10(13)16-18-12(8)15-9(6-2-3-6)7-4-5-7/h6-7,9,15H,2-5H2,1H3,(H2,13,16)(H,14,17). The molecular formula is C12H18N4OS. The second-order valence-corrected chi connectivity index (χ2v) is 5.97. The van der Waals surface area contributed by atoms with E-state index in [0.717, 1.165) is 16.8 Å². The first-order valence-electron chi connectivity index (χ1n) is 6.44. The van der Waals surface area contributed by atoms with Crippen LogP contribution in [0.4, 0.5) is 10.8 Å². The number of hydrogen-bond acceptors (Lipinski definition) is 5. The van der Waals surface area contributed by atoms with Crippen molar-refractivity contribution in [1.82, 2.24) is 9.69 Å². The number of hydrogen-bond donors (Lipinski definition) is 3. The summed E-state index contributed by atoms with van der Waals surface area (Å²) in [7, 11) is 1.61. The third-order valence-electron chi connectivity index (χ3n) is 3.73. The maximum atomic E-state index is 11.8. The van der Waals surface area contributed by atoms with E-state index in [1.54, 1.807) is 7.05 Å². The molecule has 0 spiro atoms. The van der Waals surface area contributed by atoms with Gasteiger partial charge in [-0.05, 0) is 49.1 Å². The highest BCUT2D eigenvalue weighted by molar-refractivity contribution is 7.11. The predicted octanol–water partition coefficient (Wildman–Crippen LogP) is 1.69. The molecule has 2 aliphatic carbocycles. The van der Waals surface area contributed by atoms with E-state index in [1.807, 2.05) is 0 Å². The quantitative estimate of drug-likeness (QED) is 0.757. The summed E-state index contributed by atoms with van der Waals surface area (Å²) >= 11 is 1.29. The van der Waals surface area contributed by atoms with E-state index in [2.05, 4.69) is 15.0 Å². The molecule has 3 rings (SSSR count). The van der Waals surface area contributed by atoms with Crippen LogP contribution in [0.2, 0.25) is 0 Å². The zero-order chi connectivity index (χ0) is 12.7. The fraction of sp³-hybridized carbons (Fsp3) is 0.667. The smallest absolute Gasteiger partial charge is 0.257 e. The Morgan fingerprint density at radius 2 is 2.00 bits per heavy atom. The molecule has 0 radical (unpaired) electrons. The van der Waals surface area contributed by atoms with Crippen LogP contribution in [-0.4, -0.2) is 23.4 Å². The SMILES string of the molecule is CNC(=O)c1c(N)nsc1NC(C1CC1)C1CC1. The highest BCUT2D eigenvalue weighted by atomic mass is 32.1. The van der Waals surface area contributed by atoms with Gasteiger partial charge in [0.2, 0.25) is 0 Å². The zero-order valence-electron chi connectivity index (χ0n) is 10.4. The highest BCUT2D eigenvalue weighted by Gasteiger charge is 2.42. The molecule has 0 atom stereocenters. The lowest BCUT2D eigenvalue weighted by Gasteiger charge is -2.18. The van der Waals surface area contributed by atoms with Crippen LogP contribution in [0.1, 0.15) is 36.0 Å². The molecule has 18 heavy (non-hydrogen) atoms. The van der Waals surface area contributed by atoms with E-state index in [9.17, 15) is 4.79 Å². The van der Waals surface area contributed by atoms with E-state index in [1.165, 1.54) is 37.2 Å². The Morgan fingerprint density at radius 3 is 2.50 bits per heavy atom. The number of amides is 1. The van der Waals surface area contributed by atoms with Crippen molar-refractivity contribution in [3.63, 3.8) is 0 Å². The molecule has 0 unspecified atom stereocenters. The average Bonchev–Trinajstić information content (AvgIpc) is 3.25. The Balaban J connectivity index is 1.80. The van der Waals surface area contributed by atoms with Crippen molar-refractivity contribution in [3.8, 4) is 0 Å². The number of nitrogens with two attached hydrogens (primary N) is 1. The van der Waals surface area contributed by atoms with Crippen LogP contribution in [0.3, 0.4) is 0 Å². The number of rotatable bonds is 5. The van der Waals surface area contributed by atoms with Gasteiger partial charge in [0.15, 0.2) is 5.82 Å². The summed E-state index contributed by atoms with van der Waals surface area (Å²) in [5.74, 6) is 1.72. The number of nitrogens with zero attached hydrogens (tertiary/aromatic N) is 1. The molecule has 98 valence electrons. The van der Waals surface area contributed by atoms with Crippen LogP contribution in [0, 0.1) is 11.8 Å². The summed E-state index contributed by atoms with van der Waals surface area (Å²) in [6.07, 6.45) is 5.21. The topological polar surface area (TPSA) is 80.0 Å². The summed E-state index contributed by atoms with van der Waals surface area (Å²) < 4.78 is 4.09. The molecule has 2 aliphatic rings. The van der Waals surface area contributed by atoms with E-state index in [4.69, 9.17) is 5.73 Å². The maximum Gasteiger partial charge on any atom is 0.257 e. The van der Waals surface area contributed by atoms with Crippen LogP contribution in [0.15, 0.2) is 0 Å².